The van der Waals surface area contributed by atoms with E-state index >= 15 is 0 Å². The van der Waals surface area contributed by atoms with E-state index in [1.165, 1.54) is 0 Å². The van der Waals surface area contributed by atoms with Crippen LogP contribution in [0.1, 0.15) is 45.1 Å². The Labute approximate surface area is 137 Å². The lowest BCUT2D eigenvalue weighted by Crippen LogP contribution is -2.42. The van der Waals surface area contributed by atoms with Gasteiger partial charge in [-0.2, -0.15) is 0 Å². The zero-order valence-electron chi connectivity index (χ0n) is 13.3. The van der Waals surface area contributed by atoms with Crippen LogP contribution in [0, 0.1) is 11.8 Å². The van der Waals surface area contributed by atoms with E-state index in [0.29, 0.717) is 23.8 Å². The third-order valence-corrected chi connectivity index (χ3v) is 5.62. The Bertz CT molecular complexity index is 462. The van der Waals surface area contributed by atoms with Crippen molar-refractivity contribution < 1.29 is 4.79 Å². The van der Waals surface area contributed by atoms with Gasteiger partial charge in [-0.1, -0.05) is 73.5 Å². The average molecular weight is 352 g/mol. The summed E-state index contributed by atoms with van der Waals surface area (Å²) in [5, 5.41) is 0.877. The maximum Gasteiger partial charge on any atom is 0.230 e. The van der Waals surface area contributed by atoms with Crippen LogP contribution >= 0.6 is 15.9 Å². The molecule has 21 heavy (non-hydrogen) atoms. The standard InChI is InChI=1S/C18H26BrNO/c1-4-13(2)17(15-8-6-5-7-9-15)18(21)20-11-10-14(3)16(20)12-19/h5-9,13-14,16-17H,4,10-12H2,1-3H3. The lowest BCUT2D eigenvalue weighted by Gasteiger charge is -2.32. The fourth-order valence-electron chi connectivity index (χ4n) is 3.31. The number of carbonyl (C=O) groups excluding carboxylic acids is 1. The molecule has 0 spiro atoms. The average Bonchev–Trinajstić information content (AvgIpc) is 2.89. The van der Waals surface area contributed by atoms with Crippen LogP contribution in [-0.4, -0.2) is 28.7 Å². The zero-order chi connectivity index (χ0) is 15.4. The molecule has 4 atom stereocenters. The van der Waals surface area contributed by atoms with Gasteiger partial charge in [-0.3, -0.25) is 4.79 Å². The molecule has 0 radical (unpaired) electrons. The highest BCUT2D eigenvalue weighted by Gasteiger charge is 2.38. The highest BCUT2D eigenvalue weighted by atomic mass is 79.9. The normalized spacial score (nSPS) is 24.9. The van der Waals surface area contributed by atoms with E-state index in [9.17, 15) is 4.79 Å². The molecule has 0 bridgehead atoms. The Morgan fingerprint density at radius 2 is 2.05 bits per heavy atom. The first-order valence-electron chi connectivity index (χ1n) is 8.01. The summed E-state index contributed by atoms with van der Waals surface area (Å²) in [4.78, 5) is 15.3. The second-order valence-corrected chi connectivity index (χ2v) is 6.94. The monoisotopic (exact) mass is 351 g/mol. The van der Waals surface area contributed by atoms with Crippen LogP contribution in [0.5, 0.6) is 0 Å². The number of nitrogens with zero attached hydrogens (tertiary/aromatic N) is 1. The number of carbonyl (C=O) groups is 1. The van der Waals surface area contributed by atoms with Gasteiger partial charge in [-0.25, -0.2) is 0 Å². The number of benzene rings is 1. The Morgan fingerprint density at radius 3 is 2.62 bits per heavy atom. The number of hydrogen-bond acceptors (Lipinski definition) is 1. The molecule has 2 nitrogen and oxygen atoms in total. The van der Waals surface area contributed by atoms with Gasteiger partial charge in [0.15, 0.2) is 0 Å². The lowest BCUT2D eigenvalue weighted by molar-refractivity contribution is -0.134. The van der Waals surface area contributed by atoms with Crippen molar-refractivity contribution in [1.82, 2.24) is 4.90 Å². The fraction of sp³-hybridized carbons (Fsp3) is 0.611. The van der Waals surface area contributed by atoms with Crippen LogP contribution in [0.3, 0.4) is 0 Å². The summed E-state index contributed by atoms with van der Waals surface area (Å²) in [5.41, 5.74) is 1.16. The van der Waals surface area contributed by atoms with Crippen molar-refractivity contribution in [3.63, 3.8) is 0 Å². The first-order valence-corrected chi connectivity index (χ1v) is 9.13. The molecule has 0 saturated carbocycles. The molecular formula is C18H26BrNO. The SMILES string of the molecule is CCC(C)C(C(=O)N1CCC(C)C1CBr)c1ccccc1. The first kappa shape index (κ1) is 16.5. The number of hydrogen-bond donors (Lipinski definition) is 0. The smallest absolute Gasteiger partial charge is 0.230 e. The highest BCUT2D eigenvalue weighted by molar-refractivity contribution is 9.09. The van der Waals surface area contributed by atoms with Gasteiger partial charge < -0.3 is 4.90 Å². The van der Waals surface area contributed by atoms with E-state index in [-0.39, 0.29) is 5.92 Å². The molecular weight excluding hydrogens is 326 g/mol. The van der Waals surface area contributed by atoms with E-state index in [1.807, 2.05) is 18.2 Å². The fourth-order valence-corrected chi connectivity index (χ4v) is 4.29. The van der Waals surface area contributed by atoms with E-state index in [1.54, 1.807) is 0 Å². The third kappa shape index (κ3) is 3.50. The van der Waals surface area contributed by atoms with Gasteiger partial charge in [0, 0.05) is 17.9 Å². The second kappa shape index (κ2) is 7.44. The molecule has 0 aliphatic carbocycles. The van der Waals surface area contributed by atoms with Crippen molar-refractivity contribution in [3.8, 4) is 0 Å². The second-order valence-electron chi connectivity index (χ2n) is 6.29. The molecule has 1 fully saturated rings. The van der Waals surface area contributed by atoms with Crippen molar-refractivity contribution in [2.24, 2.45) is 11.8 Å². The molecule has 116 valence electrons. The maximum absolute atomic E-state index is 13.2. The number of amides is 1. The van der Waals surface area contributed by atoms with Crippen LogP contribution in [0.15, 0.2) is 30.3 Å². The van der Waals surface area contributed by atoms with E-state index < -0.39 is 0 Å². The van der Waals surface area contributed by atoms with Gasteiger partial charge in [0.2, 0.25) is 5.91 Å². The summed E-state index contributed by atoms with van der Waals surface area (Å²) in [5.74, 6) is 1.25. The van der Waals surface area contributed by atoms with Gasteiger partial charge in [0.25, 0.3) is 0 Å². The lowest BCUT2D eigenvalue weighted by atomic mass is 9.84. The van der Waals surface area contributed by atoms with Crippen LogP contribution in [0.2, 0.25) is 0 Å². The molecule has 1 aliphatic rings. The minimum Gasteiger partial charge on any atom is -0.338 e. The molecule has 1 aromatic carbocycles. The molecule has 2 rings (SSSR count). The van der Waals surface area contributed by atoms with E-state index in [0.717, 1.165) is 30.3 Å². The van der Waals surface area contributed by atoms with E-state index in [4.69, 9.17) is 0 Å². The van der Waals surface area contributed by atoms with Crippen molar-refractivity contribution in [2.75, 3.05) is 11.9 Å². The molecule has 1 amide bonds. The molecule has 1 saturated heterocycles. The molecule has 1 aromatic rings. The van der Waals surface area contributed by atoms with Crippen LogP contribution in [-0.2, 0) is 4.79 Å². The minimum atomic E-state index is -0.0111. The predicted octanol–water partition coefficient (Wildman–Crippen LogP) is 4.45. The van der Waals surface area contributed by atoms with Crippen LogP contribution in [0.25, 0.3) is 0 Å². The summed E-state index contributed by atoms with van der Waals surface area (Å²) in [6.45, 7) is 7.51. The number of alkyl halides is 1. The topological polar surface area (TPSA) is 20.3 Å². The first-order chi connectivity index (χ1) is 10.1. The Kier molecular flexibility index (Phi) is 5.86. The highest BCUT2D eigenvalue weighted by Crippen LogP contribution is 2.34. The summed E-state index contributed by atoms with van der Waals surface area (Å²) >= 11 is 3.59. The van der Waals surface area contributed by atoms with Crippen molar-refractivity contribution >= 4 is 21.8 Å². The third-order valence-electron chi connectivity index (χ3n) is 4.96. The van der Waals surface area contributed by atoms with E-state index in [2.05, 4.69) is 53.7 Å². The maximum atomic E-state index is 13.2. The molecule has 1 heterocycles. The number of likely N-dealkylation sites (tertiary alicyclic amines) is 1. The predicted molar refractivity (Wildman–Crippen MR) is 91.7 cm³/mol. The van der Waals surface area contributed by atoms with Gasteiger partial charge in [-0.05, 0) is 23.8 Å². The molecule has 0 aromatic heterocycles. The number of halogens is 1. The van der Waals surface area contributed by atoms with Crippen LogP contribution < -0.4 is 0 Å². The Balaban J connectivity index is 2.27. The summed E-state index contributed by atoms with van der Waals surface area (Å²) in [6, 6.07) is 10.6. The minimum absolute atomic E-state index is 0.0111. The largest absolute Gasteiger partial charge is 0.338 e. The van der Waals surface area contributed by atoms with Gasteiger partial charge in [-0.15, -0.1) is 0 Å². The quantitative estimate of drug-likeness (QED) is 0.717. The molecule has 0 N–H and O–H groups in total. The summed E-state index contributed by atoms with van der Waals surface area (Å²) < 4.78 is 0. The van der Waals surface area contributed by atoms with Crippen LogP contribution in [0.4, 0.5) is 0 Å². The summed E-state index contributed by atoms with van der Waals surface area (Å²) in [6.07, 6.45) is 2.14. The summed E-state index contributed by atoms with van der Waals surface area (Å²) in [7, 11) is 0. The van der Waals surface area contributed by atoms with Crippen molar-refractivity contribution in [3.05, 3.63) is 35.9 Å². The molecule has 3 heteroatoms. The van der Waals surface area contributed by atoms with Crippen molar-refractivity contribution in [2.45, 2.75) is 45.6 Å². The molecule has 1 aliphatic heterocycles. The Morgan fingerprint density at radius 1 is 1.38 bits per heavy atom. The van der Waals surface area contributed by atoms with Gasteiger partial charge in [0.05, 0.1) is 5.92 Å². The van der Waals surface area contributed by atoms with Crippen molar-refractivity contribution in [1.29, 1.82) is 0 Å². The zero-order valence-corrected chi connectivity index (χ0v) is 14.8. The number of rotatable bonds is 5. The molecule has 4 unspecified atom stereocenters. The van der Waals surface area contributed by atoms with Gasteiger partial charge in [0.1, 0.15) is 0 Å². The van der Waals surface area contributed by atoms with Gasteiger partial charge >= 0.3 is 0 Å². The Hall–Kier alpha value is -0.830.